The number of hydrogen-bond donors (Lipinski definition) is 1. The van der Waals surface area contributed by atoms with Gasteiger partial charge in [0.05, 0.1) is 13.7 Å². The quantitative estimate of drug-likeness (QED) is 0.791. The molecule has 0 aliphatic carbocycles. The van der Waals surface area contributed by atoms with Crippen LogP contribution in [0.1, 0.15) is 25.0 Å². The number of methoxy groups -OCH3 is 1. The first-order chi connectivity index (χ1) is 8.04. The molecule has 0 amide bonds. The van der Waals surface area contributed by atoms with Crippen LogP contribution in [-0.4, -0.2) is 18.7 Å². The third kappa shape index (κ3) is 4.32. The molecule has 4 heteroatoms. The molecule has 17 heavy (non-hydrogen) atoms. The van der Waals surface area contributed by atoms with Crippen LogP contribution in [0.5, 0.6) is 5.75 Å². The second-order valence-corrected chi connectivity index (χ2v) is 4.74. The molecule has 0 bridgehead atoms. The van der Waals surface area contributed by atoms with Crippen molar-refractivity contribution in [1.82, 2.24) is 0 Å². The lowest BCUT2D eigenvalue weighted by Crippen LogP contribution is -2.10. The van der Waals surface area contributed by atoms with Gasteiger partial charge in [0, 0.05) is 17.7 Å². The summed E-state index contributed by atoms with van der Waals surface area (Å²) in [6.45, 7) is 5.46. The fraction of sp³-hybridized carbons (Fsp3) is 0.462. The maximum absolute atomic E-state index is 5.60. The molecule has 0 radical (unpaired) electrons. The van der Waals surface area contributed by atoms with Crippen LogP contribution in [0.25, 0.3) is 0 Å². The van der Waals surface area contributed by atoms with Gasteiger partial charge in [-0.2, -0.15) is 0 Å². The molecule has 0 saturated carbocycles. The molecule has 1 rings (SSSR count). The number of nitrogens with two attached hydrogens (primary N) is 1. The van der Waals surface area contributed by atoms with E-state index in [-0.39, 0.29) is 0 Å². The maximum Gasteiger partial charge on any atom is 0.124 e. The van der Waals surface area contributed by atoms with Gasteiger partial charge in [-0.3, -0.25) is 0 Å². The van der Waals surface area contributed by atoms with Crippen molar-refractivity contribution >= 4 is 17.2 Å². The Bertz CT molecular complexity index is 391. The van der Waals surface area contributed by atoms with Crippen LogP contribution in [0.15, 0.2) is 18.2 Å². The van der Waals surface area contributed by atoms with Crippen LogP contribution in [0, 0.1) is 5.92 Å². The van der Waals surface area contributed by atoms with E-state index < -0.39 is 0 Å². The summed E-state index contributed by atoms with van der Waals surface area (Å²) < 4.78 is 10.9. The Kier molecular flexibility index (Phi) is 5.38. The average molecular weight is 253 g/mol. The van der Waals surface area contributed by atoms with E-state index in [0.717, 1.165) is 23.5 Å². The Hall–Kier alpha value is -1.13. The van der Waals surface area contributed by atoms with Gasteiger partial charge in [-0.1, -0.05) is 26.1 Å². The summed E-state index contributed by atoms with van der Waals surface area (Å²) in [5, 5.41) is 0. The summed E-state index contributed by atoms with van der Waals surface area (Å²) in [4.78, 5) is 0.387. The lowest BCUT2D eigenvalue weighted by molar-refractivity contribution is 0.0955. The molecule has 2 N–H and O–H groups in total. The predicted octanol–water partition coefficient (Wildman–Crippen LogP) is 2.50. The number of rotatable bonds is 6. The van der Waals surface area contributed by atoms with Crippen molar-refractivity contribution in [3.63, 3.8) is 0 Å². The van der Waals surface area contributed by atoms with Gasteiger partial charge in [0.1, 0.15) is 10.7 Å². The Labute approximate surface area is 108 Å². The first-order valence-electron chi connectivity index (χ1n) is 5.59. The van der Waals surface area contributed by atoms with Gasteiger partial charge in [-0.25, -0.2) is 0 Å². The van der Waals surface area contributed by atoms with Crippen LogP contribution in [0.4, 0.5) is 0 Å². The van der Waals surface area contributed by atoms with Gasteiger partial charge in [0.25, 0.3) is 0 Å². The molecule has 0 aliphatic rings. The Morgan fingerprint density at radius 3 is 2.65 bits per heavy atom. The lowest BCUT2D eigenvalue weighted by Gasteiger charge is -2.12. The van der Waals surface area contributed by atoms with E-state index in [0.29, 0.717) is 17.5 Å². The van der Waals surface area contributed by atoms with E-state index in [2.05, 4.69) is 13.8 Å². The van der Waals surface area contributed by atoms with E-state index >= 15 is 0 Å². The molecule has 3 nitrogen and oxygen atoms in total. The van der Waals surface area contributed by atoms with Crippen molar-refractivity contribution in [1.29, 1.82) is 0 Å². The highest BCUT2D eigenvalue weighted by atomic mass is 32.1. The molecule has 94 valence electrons. The van der Waals surface area contributed by atoms with E-state index in [1.54, 1.807) is 7.11 Å². The fourth-order valence-electron chi connectivity index (χ4n) is 1.45. The minimum absolute atomic E-state index is 0.387. The van der Waals surface area contributed by atoms with Crippen LogP contribution >= 0.6 is 12.2 Å². The highest BCUT2D eigenvalue weighted by Crippen LogP contribution is 2.21. The molecule has 0 aliphatic heterocycles. The first kappa shape index (κ1) is 13.9. The normalized spacial score (nSPS) is 10.6. The van der Waals surface area contributed by atoms with E-state index in [1.165, 1.54) is 0 Å². The minimum atomic E-state index is 0.387. The fourth-order valence-corrected chi connectivity index (χ4v) is 1.58. The maximum atomic E-state index is 5.60. The van der Waals surface area contributed by atoms with Gasteiger partial charge < -0.3 is 15.2 Å². The van der Waals surface area contributed by atoms with E-state index in [9.17, 15) is 0 Å². The SMILES string of the molecule is COc1ccc(C(N)=S)cc1COCC(C)C. The van der Waals surface area contributed by atoms with Crippen LogP contribution in [0.3, 0.4) is 0 Å². The summed E-state index contributed by atoms with van der Waals surface area (Å²) in [5.74, 6) is 1.31. The van der Waals surface area contributed by atoms with Gasteiger partial charge in [0.2, 0.25) is 0 Å². The van der Waals surface area contributed by atoms with E-state index in [4.69, 9.17) is 27.4 Å². The van der Waals surface area contributed by atoms with Gasteiger partial charge >= 0.3 is 0 Å². The zero-order valence-electron chi connectivity index (χ0n) is 10.5. The summed E-state index contributed by atoms with van der Waals surface area (Å²) in [6.07, 6.45) is 0. The van der Waals surface area contributed by atoms with Crippen molar-refractivity contribution in [3.8, 4) is 5.75 Å². The standard InChI is InChI=1S/C13H19NO2S/c1-9(2)7-16-8-11-6-10(13(14)17)4-5-12(11)15-3/h4-6,9H,7-8H2,1-3H3,(H2,14,17). The van der Waals surface area contributed by atoms with Crippen molar-refractivity contribution in [2.45, 2.75) is 20.5 Å². The minimum Gasteiger partial charge on any atom is -0.496 e. The van der Waals surface area contributed by atoms with Crippen molar-refractivity contribution in [3.05, 3.63) is 29.3 Å². The highest BCUT2D eigenvalue weighted by Gasteiger charge is 2.06. The molecular formula is C13H19NO2S. The van der Waals surface area contributed by atoms with Crippen molar-refractivity contribution in [2.24, 2.45) is 11.7 Å². The second kappa shape index (κ2) is 6.57. The highest BCUT2D eigenvalue weighted by molar-refractivity contribution is 7.80. The molecule has 0 spiro atoms. The first-order valence-corrected chi connectivity index (χ1v) is 6.00. The Balaban J connectivity index is 2.79. The summed E-state index contributed by atoms with van der Waals surface area (Å²) in [7, 11) is 1.64. The van der Waals surface area contributed by atoms with Crippen LogP contribution in [-0.2, 0) is 11.3 Å². The van der Waals surface area contributed by atoms with E-state index in [1.807, 2.05) is 18.2 Å². The summed E-state index contributed by atoms with van der Waals surface area (Å²) in [5.41, 5.74) is 7.41. The van der Waals surface area contributed by atoms with Gasteiger partial charge in [-0.15, -0.1) is 0 Å². The topological polar surface area (TPSA) is 44.5 Å². The zero-order chi connectivity index (χ0) is 12.8. The molecule has 0 heterocycles. The molecule has 0 aromatic heterocycles. The molecule has 0 saturated heterocycles. The smallest absolute Gasteiger partial charge is 0.124 e. The van der Waals surface area contributed by atoms with Crippen molar-refractivity contribution < 1.29 is 9.47 Å². The molecular weight excluding hydrogens is 234 g/mol. The number of ether oxygens (including phenoxy) is 2. The number of benzene rings is 1. The van der Waals surface area contributed by atoms with Gasteiger partial charge in [-0.05, 0) is 24.1 Å². The Morgan fingerprint density at radius 2 is 2.12 bits per heavy atom. The van der Waals surface area contributed by atoms with Crippen molar-refractivity contribution in [2.75, 3.05) is 13.7 Å². The second-order valence-electron chi connectivity index (χ2n) is 4.30. The van der Waals surface area contributed by atoms with Gasteiger partial charge in [0.15, 0.2) is 0 Å². The summed E-state index contributed by atoms with van der Waals surface area (Å²) >= 11 is 4.95. The molecule has 0 atom stereocenters. The summed E-state index contributed by atoms with van der Waals surface area (Å²) in [6, 6.07) is 5.64. The molecule has 1 aromatic rings. The molecule has 0 fully saturated rings. The lowest BCUT2D eigenvalue weighted by atomic mass is 10.1. The third-order valence-corrected chi connectivity index (χ3v) is 2.51. The average Bonchev–Trinajstić information content (AvgIpc) is 2.28. The van der Waals surface area contributed by atoms with Crippen LogP contribution in [0.2, 0.25) is 0 Å². The number of hydrogen-bond acceptors (Lipinski definition) is 3. The largest absolute Gasteiger partial charge is 0.496 e. The number of thiocarbonyl (C=S) groups is 1. The molecule has 1 aromatic carbocycles. The predicted molar refractivity (Wildman–Crippen MR) is 73.4 cm³/mol. The zero-order valence-corrected chi connectivity index (χ0v) is 11.3. The monoisotopic (exact) mass is 253 g/mol. The van der Waals surface area contributed by atoms with Crippen LogP contribution < -0.4 is 10.5 Å². The third-order valence-electron chi connectivity index (χ3n) is 2.27. The Morgan fingerprint density at radius 1 is 1.41 bits per heavy atom. The molecule has 0 unspecified atom stereocenters.